The summed E-state index contributed by atoms with van der Waals surface area (Å²) in [6, 6.07) is 5.46. The summed E-state index contributed by atoms with van der Waals surface area (Å²) in [5.41, 5.74) is 0.0668. The first-order valence-electron chi connectivity index (χ1n) is 5.78. The second-order valence-corrected chi connectivity index (χ2v) is 4.11. The summed E-state index contributed by atoms with van der Waals surface area (Å²) in [5.74, 6) is -1.24. The van der Waals surface area contributed by atoms with Crippen molar-refractivity contribution in [1.29, 1.82) is 0 Å². The first-order chi connectivity index (χ1) is 8.47. The molecule has 1 unspecified atom stereocenters. The van der Waals surface area contributed by atoms with Crippen molar-refractivity contribution in [1.82, 2.24) is 0 Å². The Morgan fingerprint density at radius 3 is 2.61 bits per heavy atom. The normalized spacial score (nSPS) is 11.9. The van der Waals surface area contributed by atoms with Crippen LogP contribution in [0.15, 0.2) is 24.3 Å². The van der Waals surface area contributed by atoms with Crippen LogP contribution < -0.4 is 0 Å². The number of nitro groups is 1. The summed E-state index contributed by atoms with van der Waals surface area (Å²) in [5, 5.41) is 10.6. The Labute approximate surface area is 105 Å². The van der Waals surface area contributed by atoms with Gasteiger partial charge in [-0.25, -0.2) is 0 Å². The molecule has 0 saturated heterocycles. The van der Waals surface area contributed by atoms with Gasteiger partial charge in [0.15, 0.2) is 5.78 Å². The number of hydrogen-bond acceptors (Lipinski definition) is 4. The minimum absolute atomic E-state index is 0.131. The molecule has 0 saturated carbocycles. The van der Waals surface area contributed by atoms with Crippen molar-refractivity contribution in [2.24, 2.45) is 5.92 Å². The lowest BCUT2D eigenvalue weighted by atomic mass is 9.93. The van der Waals surface area contributed by atoms with Crippen molar-refractivity contribution in [3.8, 4) is 0 Å². The number of carbonyl (C=O) groups excluding carboxylic acids is 2. The summed E-state index contributed by atoms with van der Waals surface area (Å²) < 4.78 is 0. The number of nitro benzene ring substituents is 1. The molecule has 5 nitrogen and oxygen atoms in total. The van der Waals surface area contributed by atoms with Crippen LogP contribution in [0.5, 0.6) is 0 Å². The highest BCUT2D eigenvalue weighted by Gasteiger charge is 2.23. The zero-order chi connectivity index (χ0) is 13.7. The second-order valence-electron chi connectivity index (χ2n) is 4.11. The highest BCUT2D eigenvalue weighted by atomic mass is 16.6. The molecule has 5 heteroatoms. The maximum atomic E-state index is 12.0. The van der Waals surface area contributed by atoms with E-state index in [-0.39, 0.29) is 22.8 Å². The van der Waals surface area contributed by atoms with Crippen molar-refractivity contribution in [2.45, 2.75) is 26.7 Å². The maximum Gasteiger partial charge on any atom is 0.270 e. The van der Waals surface area contributed by atoms with Gasteiger partial charge in [-0.3, -0.25) is 19.7 Å². The van der Waals surface area contributed by atoms with E-state index in [1.807, 2.05) is 6.92 Å². The summed E-state index contributed by atoms with van der Waals surface area (Å²) in [6.07, 6.45) is 1.03. The predicted octanol–water partition coefficient (Wildman–Crippen LogP) is 2.78. The van der Waals surface area contributed by atoms with Gasteiger partial charge in [0.1, 0.15) is 5.78 Å². The minimum atomic E-state index is -0.744. The molecule has 0 N–H and O–H groups in total. The van der Waals surface area contributed by atoms with Gasteiger partial charge in [0.2, 0.25) is 0 Å². The smallest absolute Gasteiger partial charge is 0.270 e. The molecule has 1 rings (SSSR count). The van der Waals surface area contributed by atoms with Crippen LogP contribution in [0.1, 0.15) is 37.0 Å². The third kappa shape index (κ3) is 3.23. The zero-order valence-corrected chi connectivity index (χ0v) is 10.4. The standard InChI is InChI=1S/C13H15NO4/c1-3-5-12(15)9(2)13(16)10-6-4-7-11(8-10)14(17)18/h4,6-9H,3,5H2,1-2H3. The quantitative estimate of drug-likeness (QED) is 0.336. The van der Waals surface area contributed by atoms with Gasteiger partial charge in [-0.15, -0.1) is 0 Å². The Bertz CT molecular complexity index is 482. The van der Waals surface area contributed by atoms with Crippen molar-refractivity contribution >= 4 is 17.3 Å². The van der Waals surface area contributed by atoms with Gasteiger partial charge in [0.05, 0.1) is 10.8 Å². The van der Waals surface area contributed by atoms with Crippen LogP contribution in [-0.2, 0) is 4.79 Å². The number of Topliss-reactive ketones (excluding diaryl/α,β-unsaturated/α-hetero) is 2. The summed E-state index contributed by atoms with van der Waals surface area (Å²) in [4.78, 5) is 33.7. The molecular weight excluding hydrogens is 234 g/mol. The van der Waals surface area contributed by atoms with Gasteiger partial charge in [-0.1, -0.05) is 19.1 Å². The van der Waals surface area contributed by atoms with Crippen LogP contribution >= 0.6 is 0 Å². The lowest BCUT2D eigenvalue weighted by Crippen LogP contribution is -2.21. The van der Waals surface area contributed by atoms with Gasteiger partial charge >= 0.3 is 0 Å². The number of ketones is 2. The fourth-order valence-electron chi connectivity index (χ4n) is 1.63. The van der Waals surface area contributed by atoms with Crippen molar-refractivity contribution < 1.29 is 14.5 Å². The number of non-ortho nitro benzene ring substituents is 1. The van der Waals surface area contributed by atoms with E-state index in [9.17, 15) is 19.7 Å². The molecule has 1 atom stereocenters. The summed E-state index contributed by atoms with van der Waals surface area (Å²) in [7, 11) is 0. The molecular formula is C13H15NO4. The largest absolute Gasteiger partial charge is 0.299 e. The van der Waals surface area contributed by atoms with E-state index in [2.05, 4.69) is 0 Å². The first kappa shape index (κ1) is 14.0. The Morgan fingerprint density at radius 1 is 1.39 bits per heavy atom. The maximum absolute atomic E-state index is 12.0. The zero-order valence-electron chi connectivity index (χ0n) is 10.4. The molecule has 0 radical (unpaired) electrons. The molecule has 0 aliphatic rings. The molecule has 0 aliphatic heterocycles. The molecule has 96 valence electrons. The van der Waals surface area contributed by atoms with E-state index in [0.717, 1.165) is 0 Å². The van der Waals surface area contributed by atoms with E-state index in [1.165, 1.54) is 24.3 Å². The molecule has 0 fully saturated rings. The SMILES string of the molecule is CCCC(=O)C(C)C(=O)c1cccc([N+](=O)[O-])c1. The van der Waals surface area contributed by atoms with Crippen molar-refractivity contribution in [3.63, 3.8) is 0 Å². The third-order valence-electron chi connectivity index (χ3n) is 2.71. The fourth-order valence-corrected chi connectivity index (χ4v) is 1.63. The number of nitrogens with zero attached hydrogens (tertiary/aromatic N) is 1. The lowest BCUT2D eigenvalue weighted by Gasteiger charge is -2.08. The number of carbonyl (C=O) groups is 2. The number of rotatable bonds is 6. The van der Waals surface area contributed by atoms with Gasteiger partial charge in [-0.2, -0.15) is 0 Å². The Morgan fingerprint density at radius 2 is 2.06 bits per heavy atom. The summed E-state index contributed by atoms with van der Waals surface area (Å²) in [6.45, 7) is 3.40. The predicted molar refractivity (Wildman–Crippen MR) is 66.5 cm³/mol. The molecule has 0 amide bonds. The van der Waals surface area contributed by atoms with Crippen LogP contribution in [0, 0.1) is 16.0 Å². The molecule has 18 heavy (non-hydrogen) atoms. The van der Waals surface area contributed by atoms with E-state index in [0.29, 0.717) is 12.8 Å². The molecule has 0 spiro atoms. The van der Waals surface area contributed by atoms with Crippen LogP contribution in [0.2, 0.25) is 0 Å². The Balaban J connectivity index is 2.93. The van der Waals surface area contributed by atoms with Crippen LogP contribution in [0.25, 0.3) is 0 Å². The van der Waals surface area contributed by atoms with Crippen molar-refractivity contribution in [2.75, 3.05) is 0 Å². The third-order valence-corrected chi connectivity index (χ3v) is 2.71. The molecule has 0 aliphatic carbocycles. The Kier molecular flexibility index (Phi) is 4.71. The van der Waals surface area contributed by atoms with E-state index in [1.54, 1.807) is 6.92 Å². The van der Waals surface area contributed by atoms with E-state index in [4.69, 9.17) is 0 Å². The van der Waals surface area contributed by atoms with Gasteiger partial charge in [0.25, 0.3) is 5.69 Å². The molecule has 1 aromatic carbocycles. The molecule has 0 heterocycles. The average molecular weight is 249 g/mol. The molecule has 0 bridgehead atoms. The van der Waals surface area contributed by atoms with Crippen LogP contribution in [0.3, 0.4) is 0 Å². The highest BCUT2D eigenvalue weighted by molar-refractivity contribution is 6.10. The van der Waals surface area contributed by atoms with Crippen LogP contribution in [-0.4, -0.2) is 16.5 Å². The first-order valence-corrected chi connectivity index (χ1v) is 5.78. The van der Waals surface area contributed by atoms with Crippen molar-refractivity contribution in [3.05, 3.63) is 39.9 Å². The number of benzene rings is 1. The van der Waals surface area contributed by atoms with Gasteiger partial charge in [-0.05, 0) is 13.3 Å². The van der Waals surface area contributed by atoms with E-state index >= 15 is 0 Å². The monoisotopic (exact) mass is 249 g/mol. The molecule has 0 aromatic heterocycles. The van der Waals surface area contributed by atoms with Crippen LogP contribution in [0.4, 0.5) is 5.69 Å². The van der Waals surface area contributed by atoms with Gasteiger partial charge < -0.3 is 0 Å². The lowest BCUT2D eigenvalue weighted by molar-refractivity contribution is -0.384. The highest BCUT2D eigenvalue weighted by Crippen LogP contribution is 2.17. The minimum Gasteiger partial charge on any atom is -0.299 e. The molecule has 1 aromatic rings. The Hall–Kier alpha value is -2.04. The second kappa shape index (κ2) is 6.05. The van der Waals surface area contributed by atoms with Gasteiger partial charge in [0, 0.05) is 24.1 Å². The summed E-state index contributed by atoms with van der Waals surface area (Å²) >= 11 is 0. The van der Waals surface area contributed by atoms with E-state index < -0.39 is 10.8 Å². The number of hydrogen-bond donors (Lipinski definition) is 0. The topological polar surface area (TPSA) is 77.3 Å². The average Bonchev–Trinajstić information content (AvgIpc) is 2.37. The fraction of sp³-hybridized carbons (Fsp3) is 0.385.